The van der Waals surface area contributed by atoms with Gasteiger partial charge in [0.05, 0.1) is 12.2 Å². The van der Waals surface area contributed by atoms with E-state index in [1.807, 2.05) is 24.3 Å². The third kappa shape index (κ3) is 5.57. The van der Waals surface area contributed by atoms with Crippen molar-refractivity contribution in [2.45, 2.75) is 26.3 Å². The molecular weight excluding hydrogens is 390 g/mol. The van der Waals surface area contributed by atoms with E-state index in [9.17, 15) is 18.0 Å². The zero-order valence-electron chi connectivity index (χ0n) is 16.5. The SMILES string of the molecule is CCc1ccc(N2CC(C(=O)NCc3cccc(NS(C)(=O)=O)c3)CC2=O)cc1. The summed E-state index contributed by atoms with van der Waals surface area (Å²) in [7, 11) is -3.36. The summed E-state index contributed by atoms with van der Waals surface area (Å²) in [6, 6.07) is 14.6. The predicted molar refractivity (Wildman–Crippen MR) is 113 cm³/mol. The van der Waals surface area contributed by atoms with Crippen molar-refractivity contribution < 1.29 is 18.0 Å². The van der Waals surface area contributed by atoms with Crippen LogP contribution in [0.4, 0.5) is 11.4 Å². The minimum Gasteiger partial charge on any atom is -0.352 e. The molecule has 8 heteroatoms. The summed E-state index contributed by atoms with van der Waals surface area (Å²) in [5.74, 6) is -0.660. The molecule has 0 aromatic heterocycles. The largest absolute Gasteiger partial charge is 0.352 e. The molecule has 1 fully saturated rings. The van der Waals surface area contributed by atoms with Crippen LogP contribution in [0.3, 0.4) is 0 Å². The molecule has 1 aliphatic heterocycles. The van der Waals surface area contributed by atoms with Crippen LogP contribution in [0.25, 0.3) is 0 Å². The van der Waals surface area contributed by atoms with Crippen molar-refractivity contribution >= 4 is 33.2 Å². The van der Waals surface area contributed by atoms with Crippen LogP contribution < -0.4 is 14.9 Å². The lowest BCUT2D eigenvalue weighted by molar-refractivity contribution is -0.126. The molecule has 154 valence electrons. The summed E-state index contributed by atoms with van der Waals surface area (Å²) in [5.41, 5.74) is 3.21. The van der Waals surface area contributed by atoms with Crippen LogP contribution in [0.5, 0.6) is 0 Å². The fourth-order valence-electron chi connectivity index (χ4n) is 3.34. The topological polar surface area (TPSA) is 95.6 Å². The lowest BCUT2D eigenvalue weighted by atomic mass is 10.1. The molecule has 7 nitrogen and oxygen atoms in total. The maximum absolute atomic E-state index is 12.6. The average Bonchev–Trinajstić information content (AvgIpc) is 3.07. The van der Waals surface area contributed by atoms with Crippen LogP contribution in [0.1, 0.15) is 24.5 Å². The average molecular weight is 416 g/mol. The van der Waals surface area contributed by atoms with Crippen molar-refractivity contribution in [1.29, 1.82) is 0 Å². The van der Waals surface area contributed by atoms with Gasteiger partial charge in [0, 0.05) is 30.9 Å². The zero-order valence-corrected chi connectivity index (χ0v) is 17.3. The normalized spacial score (nSPS) is 16.7. The Hall–Kier alpha value is -2.87. The van der Waals surface area contributed by atoms with Gasteiger partial charge in [-0.3, -0.25) is 14.3 Å². The molecule has 1 heterocycles. The van der Waals surface area contributed by atoms with Crippen molar-refractivity contribution in [2.24, 2.45) is 5.92 Å². The lowest BCUT2D eigenvalue weighted by Gasteiger charge is -2.17. The van der Waals surface area contributed by atoms with E-state index in [0.29, 0.717) is 12.2 Å². The van der Waals surface area contributed by atoms with Gasteiger partial charge in [-0.1, -0.05) is 31.2 Å². The summed E-state index contributed by atoms with van der Waals surface area (Å²) < 4.78 is 25.1. The van der Waals surface area contributed by atoms with Gasteiger partial charge in [-0.2, -0.15) is 0 Å². The minimum absolute atomic E-state index is 0.0613. The van der Waals surface area contributed by atoms with Crippen LogP contribution in [0, 0.1) is 5.92 Å². The first kappa shape index (κ1) is 20.9. The smallest absolute Gasteiger partial charge is 0.229 e. The minimum atomic E-state index is -3.36. The Bertz CT molecular complexity index is 1000. The Morgan fingerprint density at radius 1 is 1.14 bits per heavy atom. The van der Waals surface area contributed by atoms with E-state index in [2.05, 4.69) is 17.0 Å². The molecule has 2 aromatic carbocycles. The summed E-state index contributed by atoms with van der Waals surface area (Å²) in [6.45, 7) is 2.68. The number of rotatable bonds is 7. The number of nitrogens with one attached hydrogen (secondary N) is 2. The second-order valence-electron chi connectivity index (χ2n) is 7.22. The van der Waals surface area contributed by atoms with E-state index < -0.39 is 15.9 Å². The van der Waals surface area contributed by atoms with Crippen LogP contribution in [-0.2, 0) is 32.6 Å². The van der Waals surface area contributed by atoms with Crippen molar-refractivity contribution in [3.8, 4) is 0 Å². The fourth-order valence-corrected chi connectivity index (χ4v) is 3.89. The van der Waals surface area contributed by atoms with Gasteiger partial charge in [-0.25, -0.2) is 8.42 Å². The number of hydrogen-bond acceptors (Lipinski definition) is 4. The van der Waals surface area contributed by atoms with Crippen molar-refractivity contribution in [3.05, 3.63) is 59.7 Å². The molecular formula is C21H25N3O4S. The van der Waals surface area contributed by atoms with E-state index in [-0.39, 0.29) is 24.8 Å². The van der Waals surface area contributed by atoms with Gasteiger partial charge < -0.3 is 10.2 Å². The van der Waals surface area contributed by atoms with Crippen molar-refractivity contribution in [3.63, 3.8) is 0 Å². The molecule has 29 heavy (non-hydrogen) atoms. The fraction of sp³-hybridized carbons (Fsp3) is 0.333. The second-order valence-corrected chi connectivity index (χ2v) is 8.97. The number of carbonyl (C=O) groups excluding carboxylic acids is 2. The van der Waals surface area contributed by atoms with Gasteiger partial charge in [0.25, 0.3) is 0 Å². The van der Waals surface area contributed by atoms with Gasteiger partial charge in [0.1, 0.15) is 0 Å². The number of anilines is 2. The highest BCUT2D eigenvalue weighted by Gasteiger charge is 2.34. The first-order valence-corrected chi connectivity index (χ1v) is 11.4. The summed E-state index contributed by atoms with van der Waals surface area (Å²) in [4.78, 5) is 26.6. The van der Waals surface area contributed by atoms with Crippen LogP contribution >= 0.6 is 0 Å². The molecule has 2 aromatic rings. The zero-order chi connectivity index (χ0) is 21.0. The molecule has 0 aliphatic carbocycles. The van der Waals surface area contributed by atoms with Crippen molar-refractivity contribution in [2.75, 3.05) is 22.4 Å². The maximum Gasteiger partial charge on any atom is 0.229 e. The quantitative estimate of drug-likeness (QED) is 0.725. The third-order valence-electron chi connectivity index (χ3n) is 4.85. The molecule has 0 saturated carbocycles. The van der Waals surface area contributed by atoms with Gasteiger partial charge in [-0.05, 0) is 41.8 Å². The Morgan fingerprint density at radius 2 is 1.86 bits per heavy atom. The number of nitrogens with zero attached hydrogens (tertiary/aromatic N) is 1. The number of amides is 2. The van der Waals surface area contributed by atoms with Gasteiger partial charge in [0.15, 0.2) is 0 Å². The molecule has 1 atom stereocenters. The monoisotopic (exact) mass is 415 g/mol. The standard InChI is InChI=1S/C21H25N3O4S/c1-3-15-7-9-19(10-8-15)24-14-17(12-20(24)25)21(26)22-13-16-5-4-6-18(11-16)23-29(2,27)28/h4-11,17,23H,3,12-14H2,1-2H3,(H,22,26). The highest BCUT2D eigenvalue weighted by molar-refractivity contribution is 7.92. The molecule has 1 saturated heterocycles. The highest BCUT2D eigenvalue weighted by atomic mass is 32.2. The highest BCUT2D eigenvalue weighted by Crippen LogP contribution is 2.25. The molecule has 0 spiro atoms. The molecule has 3 rings (SSSR count). The Balaban J connectivity index is 1.59. The van der Waals surface area contributed by atoms with E-state index in [1.165, 1.54) is 5.56 Å². The Morgan fingerprint density at radius 3 is 2.52 bits per heavy atom. The number of hydrogen-bond donors (Lipinski definition) is 2. The first-order valence-electron chi connectivity index (χ1n) is 9.49. The molecule has 1 unspecified atom stereocenters. The molecule has 0 bridgehead atoms. The van der Waals surface area contributed by atoms with E-state index in [0.717, 1.165) is 23.9 Å². The Kier molecular flexibility index (Phi) is 6.22. The van der Waals surface area contributed by atoms with E-state index >= 15 is 0 Å². The maximum atomic E-state index is 12.6. The summed E-state index contributed by atoms with van der Waals surface area (Å²) >= 11 is 0. The summed E-state index contributed by atoms with van der Waals surface area (Å²) in [5, 5.41) is 2.85. The first-order chi connectivity index (χ1) is 13.7. The van der Waals surface area contributed by atoms with Gasteiger partial charge in [0.2, 0.25) is 21.8 Å². The van der Waals surface area contributed by atoms with E-state index in [1.54, 1.807) is 29.2 Å². The second kappa shape index (κ2) is 8.65. The van der Waals surface area contributed by atoms with Gasteiger partial charge >= 0.3 is 0 Å². The van der Waals surface area contributed by atoms with E-state index in [4.69, 9.17) is 0 Å². The molecule has 1 aliphatic rings. The number of carbonyl (C=O) groups is 2. The molecule has 2 amide bonds. The van der Waals surface area contributed by atoms with Crippen LogP contribution in [0.15, 0.2) is 48.5 Å². The van der Waals surface area contributed by atoms with Crippen molar-refractivity contribution in [1.82, 2.24) is 5.32 Å². The number of sulfonamides is 1. The van der Waals surface area contributed by atoms with Gasteiger partial charge in [-0.15, -0.1) is 0 Å². The predicted octanol–water partition coefficient (Wildman–Crippen LogP) is 2.29. The number of benzene rings is 2. The molecule has 0 radical (unpaired) electrons. The van der Waals surface area contributed by atoms with Crippen LogP contribution in [-0.4, -0.2) is 33.0 Å². The summed E-state index contributed by atoms with van der Waals surface area (Å²) in [6.07, 6.45) is 2.19. The Labute approximate surface area is 171 Å². The van der Waals surface area contributed by atoms with Crippen LogP contribution in [0.2, 0.25) is 0 Å². The third-order valence-corrected chi connectivity index (χ3v) is 5.46. The molecule has 2 N–H and O–H groups in total. The lowest BCUT2D eigenvalue weighted by Crippen LogP contribution is -2.32. The number of aryl methyl sites for hydroxylation is 1.